The monoisotopic (exact) mass is 239 g/mol. The van der Waals surface area contributed by atoms with Crippen LogP contribution in [-0.2, 0) is 6.54 Å². The number of rotatable bonds is 5. The Kier molecular flexibility index (Phi) is 4.57. The molecule has 1 aromatic rings. The molecule has 0 fully saturated rings. The zero-order valence-electron chi connectivity index (χ0n) is 10.7. The quantitative estimate of drug-likeness (QED) is 0.803. The van der Waals surface area contributed by atoms with Crippen molar-refractivity contribution in [2.24, 2.45) is 0 Å². The molecule has 1 aromatic heterocycles. The fourth-order valence-corrected chi connectivity index (χ4v) is 1.65. The number of anilines is 1. The Balaban J connectivity index is 2.74. The number of carbonyl (C=O) groups excluding carboxylic acids is 1. The highest BCUT2D eigenvalue weighted by Crippen LogP contribution is 2.12. The van der Waals surface area contributed by atoms with E-state index in [0.29, 0.717) is 30.9 Å². The molecule has 1 heterocycles. The second-order valence-corrected chi connectivity index (χ2v) is 4.31. The van der Waals surface area contributed by atoms with Crippen LogP contribution in [0.15, 0.2) is 12.3 Å². The van der Waals surface area contributed by atoms with Gasteiger partial charge in [-0.3, -0.25) is 4.79 Å². The summed E-state index contributed by atoms with van der Waals surface area (Å²) in [5, 5.41) is 9.20. The molecular weight excluding hydrogens is 218 g/mol. The Morgan fingerprint density at radius 3 is 2.82 bits per heavy atom. The number of hydrogen-bond acceptors (Lipinski definition) is 3. The summed E-state index contributed by atoms with van der Waals surface area (Å²) in [6, 6.07) is 1.69. The van der Waals surface area contributed by atoms with E-state index >= 15 is 0 Å². The van der Waals surface area contributed by atoms with E-state index in [0.717, 1.165) is 0 Å². The maximum Gasteiger partial charge on any atom is 0.270 e. The van der Waals surface area contributed by atoms with Crippen molar-refractivity contribution in [3.8, 4) is 0 Å². The summed E-state index contributed by atoms with van der Waals surface area (Å²) < 4.78 is 1.83. The first-order valence-electron chi connectivity index (χ1n) is 5.84. The fourth-order valence-electron chi connectivity index (χ4n) is 1.65. The van der Waals surface area contributed by atoms with Gasteiger partial charge in [0, 0.05) is 26.3 Å². The number of nitrogens with two attached hydrogens (primary N) is 1. The summed E-state index contributed by atoms with van der Waals surface area (Å²) in [6.45, 7) is 4.92. The Labute approximate surface area is 102 Å². The molecule has 5 nitrogen and oxygen atoms in total. The number of carbonyl (C=O) groups is 1. The number of aliphatic hydroxyl groups is 1. The number of aryl methyl sites for hydroxylation is 1. The first kappa shape index (κ1) is 13.6. The van der Waals surface area contributed by atoms with Crippen LogP contribution in [0.25, 0.3) is 0 Å². The van der Waals surface area contributed by atoms with Gasteiger partial charge < -0.3 is 20.3 Å². The molecule has 5 heteroatoms. The molecule has 1 amide bonds. The van der Waals surface area contributed by atoms with E-state index in [1.165, 1.54) is 0 Å². The second-order valence-electron chi connectivity index (χ2n) is 4.31. The molecule has 0 aliphatic rings. The highest BCUT2D eigenvalue weighted by molar-refractivity contribution is 5.93. The normalized spacial score (nSPS) is 12.5. The molecule has 0 aromatic carbocycles. The summed E-state index contributed by atoms with van der Waals surface area (Å²) in [4.78, 5) is 13.7. The van der Waals surface area contributed by atoms with E-state index in [1.54, 1.807) is 31.1 Å². The van der Waals surface area contributed by atoms with Crippen LogP contribution in [0.3, 0.4) is 0 Å². The largest absolute Gasteiger partial charge is 0.397 e. The standard InChI is InChI=1S/C12H21N3O2/c1-4-15-8-10(13)7-11(15)12(17)14(3)6-5-9(2)16/h7-9,16H,4-6,13H2,1-3H3. The van der Waals surface area contributed by atoms with E-state index in [1.807, 2.05) is 11.5 Å². The second kappa shape index (κ2) is 5.72. The van der Waals surface area contributed by atoms with Crippen molar-refractivity contribution < 1.29 is 9.90 Å². The van der Waals surface area contributed by atoms with E-state index in [2.05, 4.69) is 0 Å². The number of nitrogens with zero attached hydrogens (tertiary/aromatic N) is 2. The lowest BCUT2D eigenvalue weighted by molar-refractivity contribution is 0.0758. The SMILES string of the molecule is CCn1cc(N)cc1C(=O)N(C)CCC(C)O. The van der Waals surface area contributed by atoms with E-state index < -0.39 is 6.10 Å². The van der Waals surface area contributed by atoms with E-state index in [9.17, 15) is 9.90 Å². The van der Waals surface area contributed by atoms with Crippen molar-refractivity contribution in [1.82, 2.24) is 9.47 Å². The van der Waals surface area contributed by atoms with Gasteiger partial charge in [-0.2, -0.15) is 0 Å². The minimum Gasteiger partial charge on any atom is -0.397 e. The average Bonchev–Trinajstić information content (AvgIpc) is 2.66. The number of aromatic nitrogens is 1. The van der Waals surface area contributed by atoms with Crippen LogP contribution in [0, 0.1) is 0 Å². The molecule has 96 valence electrons. The van der Waals surface area contributed by atoms with Crippen LogP contribution >= 0.6 is 0 Å². The lowest BCUT2D eigenvalue weighted by Gasteiger charge is -2.18. The smallest absolute Gasteiger partial charge is 0.270 e. The molecule has 0 spiro atoms. The number of amides is 1. The van der Waals surface area contributed by atoms with Crippen molar-refractivity contribution >= 4 is 11.6 Å². The molecule has 1 rings (SSSR count). The van der Waals surface area contributed by atoms with Crippen LogP contribution in [0.2, 0.25) is 0 Å². The minimum absolute atomic E-state index is 0.0656. The van der Waals surface area contributed by atoms with Crippen LogP contribution in [0.1, 0.15) is 30.8 Å². The van der Waals surface area contributed by atoms with Gasteiger partial charge in [-0.1, -0.05) is 0 Å². The van der Waals surface area contributed by atoms with Gasteiger partial charge in [-0.05, 0) is 26.3 Å². The maximum absolute atomic E-state index is 12.1. The van der Waals surface area contributed by atoms with Crippen LogP contribution in [0.4, 0.5) is 5.69 Å². The first-order valence-corrected chi connectivity index (χ1v) is 5.84. The van der Waals surface area contributed by atoms with Crippen molar-refractivity contribution in [1.29, 1.82) is 0 Å². The average molecular weight is 239 g/mol. The highest BCUT2D eigenvalue weighted by atomic mass is 16.3. The molecule has 0 saturated carbocycles. The summed E-state index contributed by atoms with van der Waals surface area (Å²) in [5.41, 5.74) is 6.88. The third-order valence-corrected chi connectivity index (χ3v) is 2.71. The van der Waals surface area contributed by atoms with E-state index in [-0.39, 0.29) is 5.91 Å². The summed E-state index contributed by atoms with van der Waals surface area (Å²) in [7, 11) is 1.73. The van der Waals surface area contributed by atoms with Gasteiger partial charge in [0.05, 0.1) is 11.8 Å². The van der Waals surface area contributed by atoms with E-state index in [4.69, 9.17) is 5.73 Å². The molecule has 17 heavy (non-hydrogen) atoms. The van der Waals surface area contributed by atoms with Crippen LogP contribution < -0.4 is 5.73 Å². The van der Waals surface area contributed by atoms with Crippen LogP contribution in [0.5, 0.6) is 0 Å². The highest BCUT2D eigenvalue weighted by Gasteiger charge is 2.16. The fraction of sp³-hybridized carbons (Fsp3) is 0.583. The van der Waals surface area contributed by atoms with Gasteiger partial charge in [0.15, 0.2) is 0 Å². The molecule has 0 aliphatic carbocycles. The first-order chi connectivity index (χ1) is 7.95. The number of aliphatic hydroxyl groups excluding tert-OH is 1. The third-order valence-electron chi connectivity index (χ3n) is 2.71. The molecule has 0 bridgehead atoms. The van der Waals surface area contributed by atoms with Gasteiger partial charge in [0.2, 0.25) is 0 Å². The summed E-state index contributed by atoms with van der Waals surface area (Å²) >= 11 is 0. The van der Waals surface area contributed by atoms with Crippen molar-refractivity contribution in [3.05, 3.63) is 18.0 Å². The molecule has 0 saturated heterocycles. The molecular formula is C12H21N3O2. The lowest BCUT2D eigenvalue weighted by Crippen LogP contribution is -2.30. The summed E-state index contributed by atoms with van der Waals surface area (Å²) in [6.07, 6.45) is 1.94. The zero-order chi connectivity index (χ0) is 13.0. The van der Waals surface area contributed by atoms with Gasteiger partial charge in [0.1, 0.15) is 5.69 Å². The van der Waals surface area contributed by atoms with Crippen LogP contribution in [-0.4, -0.2) is 40.2 Å². The third kappa shape index (κ3) is 3.49. The summed E-state index contributed by atoms with van der Waals surface area (Å²) in [5.74, 6) is -0.0656. The van der Waals surface area contributed by atoms with Crippen molar-refractivity contribution in [3.63, 3.8) is 0 Å². The Morgan fingerprint density at radius 2 is 2.29 bits per heavy atom. The van der Waals surface area contributed by atoms with Gasteiger partial charge >= 0.3 is 0 Å². The van der Waals surface area contributed by atoms with Crippen molar-refractivity contribution in [2.45, 2.75) is 32.9 Å². The molecule has 3 N–H and O–H groups in total. The zero-order valence-corrected chi connectivity index (χ0v) is 10.7. The molecule has 0 aliphatic heterocycles. The molecule has 1 unspecified atom stereocenters. The molecule has 0 radical (unpaired) electrons. The van der Waals surface area contributed by atoms with Gasteiger partial charge in [-0.15, -0.1) is 0 Å². The Hall–Kier alpha value is -1.49. The minimum atomic E-state index is -0.395. The molecule has 1 atom stereocenters. The van der Waals surface area contributed by atoms with Crippen molar-refractivity contribution in [2.75, 3.05) is 19.3 Å². The Bertz CT molecular complexity index is 385. The number of nitrogen functional groups attached to an aromatic ring is 1. The maximum atomic E-state index is 12.1. The number of hydrogen-bond donors (Lipinski definition) is 2. The lowest BCUT2D eigenvalue weighted by atomic mass is 10.2. The Morgan fingerprint density at radius 1 is 1.65 bits per heavy atom. The van der Waals surface area contributed by atoms with Gasteiger partial charge in [-0.25, -0.2) is 0 Å². The predicted molar refractivity (Wildman–Crippen MR) is 67.8 cm³/mol. The topological polar surface area (TPSA) is 71.5 Å². The van der Waals surface area contributed by atoms with Gasteiger partial charge in [0.25, 0.3) is 5.91 Å². The predicted octanol–water partition coefficient (Wildman–Crippen LogP) is 0.933.